The maximum Gasteiger partial charge on any atom is 0.253 e. The summed E-state index contributed by atoms with van der Waals surface area (Å²) in [6, 6.07) is 3.62. The topological polar surface area (TPSA) is 66.9 Å². The van der Waals surface area contributed by atoms with Crippen LogP contribution in [0.2, 0.25) is 0 Å². The number of aromatic nitrogens is 2. The van der Waals surface area contributed by atoms with Crippen molar-refractivity contribution in [3.63, 3.8) is 0 Å². The molecule has 2 N–H and O–H groups in total. The van der Waals surface area contributed by atoms with E-state index in [0.29, 0.717) is 12.1 Å². The van der Waals surface area contributed by atoms with Crippen LogP contribution in [0.4, 0.5) is 5.82 Å². The Labute approximate surface area is 128 Å². The summed E-state index contributed by atoms with van der Waals surface area (Å²) >= 11 is 1.66. The summed E-state index contributed by atoms with van der Waals surface area (Å²) in [7, 11) is 0. The number of amides is 1. The Morgan fingerprint density at radius 1 is 1.43 bits per heavy atom. The second-order valence-electron chi connectivity index (χ2n) is 4.61. The van der Waals surface area contributed by atoms with Crippen molar-refractivity contribution in [2.75, 3.05) is 11.9 Å². The van der Waals surface area contributed by atoms with Gasteiger partial charge in [0.2, 0.25) is 0 Å². The monoisotopic (exact) mass is 302 g/mol. The van der Waals surface area contributed by atoms with Crippen molar-refractivity contribution in [2.45, 2.75) is 19.9 Å². The molecule has 0 saturated carbocycles. The molecule has 0 fully saturated rings. The first-order chi connectivity index (χ1) is 10.1. The molecule has 0 spiro atoms. The summed E-state index contributed by atoms with van der Waals surface area (Å²) < 4.78 is 0. The molecule has 0 aliphatic heterocycles. The Balaban J connectivity index is 1.99. The van der Waals surface area contributed by atoms with Gasteiger partial charge in [-0.25, -0.2) is 9.97 Å². The highest BCUT2D eigenvalue weighted by Crippen LogP contribution is 2.22. The van der Waals surface area contributed by atoms with Crippen LogP contribution in [-0.4, -0.2) is 22.4 Å². The van der Waals surface area contributed by atoms with Gasteiger partial charge < -0.3 is 10.6 Å². The van der Waals surface area contributed by atoms with Gasteiger partial charge in [-0.3, -0.25) is 4.79 Å². The third-order valence-corrected chi connectivity index (χ3v) is 3.90. The highest BCUT2D eigenvalue weighted by molar-refractivity contribution is 7.11. The molecule has 2 rings (SSSR count). The molecule has 2 heterocycles. The molecule has 2 aromatic heterocycles. The van der Waals surface area contributed by atoms with Crippen molar-refractivity contribution in [3.8, 4) is 0 Å². The van der Waals surface area contributed by atoms with Crippen LogP contribution < -0.4 is 10.6 Å². The summed E-state index contributed by atoms with van der Waals surface area (Å²) in [6.07, 6.45) is 5.05. The van der Waals surface area contributed by atoms with Crippen LogP contribution in [0.15, 0.2) is 37.2 Å². The minimum absolute atomic E-state index is 0.0802. The number of nitrogens with zero attached hydrogens (tertiary/aromatic N) is 2. The van der Waals surface area contributed by atoms with Crippen LogP contribution in [0.1, 0.15) is 33.2 Å². The summed E-state index contributed by atoms with van der Waals surface area (Å²) in [6.45, 7) is 8.06. The molecule has 0 aliphatic carbocycles. The van der Waals surface area contributed by atoms with Crippen molar-refractivity contribution in [2.24, 2.45) is 0 Å². The van der Waals surface area contributed by atoms with E-state index in [1.807, 2.05) is 20.0 Å². The van der Waals surface area contributed by atoms with Crippen LogP contribution in [0.25, 0.3) is 0 Å². The first-order valence-corrected chi connectivity index (χ1v) is 7.46. The molecule has 2 aromatic rings. The predicted octanol–water partition coefficient (Wildman–Crippen LogP) is 2.94. The van der Waals surface area contributed by atoms with E-state index in [1.165, 1.54) is 4.88 Å². The SMILES string of the molecule is C=CCNC(=O)c1ccc(NC(C)c2ncc(C)s2)nc1. The highest BCUT2D eigenvalue weighted by atomic mass is 32.1. The molecule has 110 valence electrons. The van der Waals surface area contributed by atoms with E-state index < -0.39 is 0 Å². The van der Waals surface area contributed by atoms with E-state index >= 15 is 0 Å². The van der Waals surface area contributed by atoms with Crippen LogP contribution in [0, 0.1) is 6.92 Å². The number of aryl methyl sites for hydroxylation is 1. The van der Waals surface area contributed by atoms with Gasteiger partial charge in [-0.05, 0) is 26.0 Å². The number of rotatable bonds is 6. The Morgan fingerprint density at radius 2 is 2.24 bits per heavy atom. The summed E-state index contributed by atoms with van der Waals surface area (Å²) in [5, 5.41) is 7.00. The van der Waals surface area contributed by atoms with Crippen molar-refractivity contribution in [1.29, 1.82) is 0 Å². The molecule has 0 radical (unpaired) electrons. The Bertz CT molecular complexity index is 621. The lowest BCUT2D eigenvalue weighted by molar-refractivity contribution is 0.0957. The molecule has 0 saturated heterocycles. The fourth-order valence-corrected chi connectivity index (χ4v) is 2.51. The average Bonchev–Trinajstić information content (AvgIpc) is 2.92. The van der Waals surface area contributed by atoms with E-state index in [1.54, 1.807) is 35.7 Å². The van der Waals surface area contributed by atoms with E-state index in [4.69, 9.17) is 0 Å². The lowest BCUT2D eigenvalue weighted by Gasteiger charge is -2.12. The van der Waals surface area contributed by atoms with E-state index in [-0.39, 0.29) is 11.9 Å². The predicted molar refractivity (Wildman–Crippen MR) is 85.7 cm³/mol. The van der Waals surface area contributed by atoms with Crippen molar-refractivity contribution in [3.05, 3.63) is 52.6 Å². The van der Waals surface area contributed by atoms with Crippen LogP contribution in [-0.2, 0) is 0 Å². The zero-order chi connectivity index (χ0) is 15.2. The summed E-state index contributed by atoms with van der Waals surface area (Å²) in [5.74, 6) is 0.563. The maximum atomic E-state index is 11.7. The van der Waals surface area contributed by atoms with Gasteiger partial charge in [-0.1, -0.05) is 6.08 Å². The van der Waals surface area contributed by atoms with Gasteiger partial charge in [0, 0.05) is 23.8 Å². The van der Waals surface area contributed by atoms with Crippen LogP contribution in [0.5, 0.6) is 0 Å². The molecule has 6 heteroatoms. The van der Waals surface area contributed by atoms with Crippen LogP contribution >= 0.6 is 11.3 Å². The third-order valence-electron chi connectivity index (χ3n) is 2.81. The van der Waals surface area contributed by atoms with Crippen molar-refractivity contribution >= 4 is 23.1 Å². The number of hydrogen-bond acceptors (Lipinski definition) is 5. The van der Waals surface area contributed by atoms with Gasteiger partial charge in [0.1, 0.15) is 10.8 Å². The second kappa shape index (κ2) is 6.99. The number of hydrogen-bond donors (Lipinski definition) is 2. The van der Waals surface area contributed by atoms with Crippen molar-refractivity contribution < 1.29 is 4.79 Å². The molecule has 1 amide bonds. The minimum Gasteiger partial charge on any atom is -0.361 e. The zero-order valence-corrected chi connectivity index (χ0v) is 12.9. The van der Waals surface area contributed by atoms with Gasteiger partial charge in [0.25, 0.3) is 5.91 Å². The molecule has 0 bridgehead atoms. The minimum atomic E-state index is -0.155. The molecule has 21 heavy (non-hydrogen) atoms. The quantitative estimate of drug-likeness (QED) is 0.805. The fraction of sp³-hybridized carbons (Fsp3) is 0.267. The first-order valence-electron chi connectivity index (χ1n) is 6.64. The highest BCUT2D eigenvalue weighted by Gasteiger charge is 2.10. The lowest BCUT2D eigenvalue weighted by Crippen LogP contribution is -2.23. The summed E-state index contributed by atoms with van der Waals surface area (Å²) in [4.78, 5) is 21.5. The smallest absolute Gasteiger partial charge is 0.253 e. The normalized spacial score (nSPS) is 11.7. The van der Waals surface area contributed by atoms with Gasteiger partial charge in [-0.15, -0.1) is 17.9 Å². The number of carbonyl (C=O) groups excluding carboxylic acids is 1. The molecule has 5 nitrogen and oxygen atoms in total. The molecule has 1 unspecified atom stereocenters. The molecular weight excluding hydrogens is 284 g/mol. The van der Waals surface area contributed by atoms with Gasteiger partial charge in [0.05, 0.1) is 11.6 Å². The lowest BCUT2D eigenvalue weighted by atomic mass is 10.2. The van der Waals surface area contributed by atoms with E-state index in [2.05, 4.69) is 27.2 Å². The number of thiazole rings is 1. The van der Waals surface area contributed by atoms with Crippen LogP contribution in [0.3, 0.4) is 0 Å². The van der Waals surface area contributed by atoms with E-state index in [0.717, 1.165) is 10.8 Å². The summed E-state index contributed by atoms with van der Waals surface area (Å²) in [5.41, 5.74) is 0.528. The second-order valence-corrected chi connectivity index (χ2v) is 5.87. The number of anilines is 1. The van der Waals surface area contributed by atoms with Gasteiger partial charge in [-0.2, -0.15) is 0 Å². The molecular formula is C15H18N4OS. The number of carbonyl (C=O) groups is 1. The molecule has 0 aliphatic rings. The first kappa shape index (κ1) is 15.2. The van der Waals surface area contributed by atoms with Crippen molar-refractivity contribution in [1.82, 2.24) is 15.3 Å². The number of nitrogens with one attached hydrogen (secondary N) is 2. The Morgan fingerprint density at radius 3 is 2.81 bits per heavy atom. The Kier molecular flexibility index (Phi) is 5.05. The number of pyridine rings is 1. The maximum absolute atomic E-state index is 11.7. The van der Waals surface area contributed by atoms with Gasteiger partial charge >= 0.3 is 0 Å². The third kappa shape index (κ3) is 4.13. The average molecular weight is 302 g/mol. The Hall–Kier alpha value is -2.21. The van der Waals surface area contributed by atoms with E-state index in [9.17, 15) is 4.79 Å². The fourth-order valence-electron chi connectivity index (χ4n) is 1.74. The largest absolute Gasteiger partial charge is 0.361 e. The molecule has 1 atom stereocenters. The molecule has 0 aromatic carbocycles. The standard InChI is InChI=1S/C15H18N4OS/c1-4-7-16-14(20)12-5-6-13(17-9-12)19-11(3)15-18-8-10(2)21-15/h4-6,8-9,11H,1,7H2,2-3H3,(H,16,20)(H,17,19). The zero-order valence-electron chi connectivity index (χ0n) is 12.1. The van der Waals surface area contributed by atoms with Gasteiger partial charge in [0.15, 0.2) is 0 Å².